The molecule has 3 aromatic carbocycles. The van der Waals surface area contributed by atoms with Gasteiger partial charge in [-0.2, -0.15) is 0 Å². The van der Waals surface area contributed by atoms with E-state index in [1.807, 2.05) is 6.07 Å². The molecule has 1 fully saturated rings. The molecule has 4 nitrogen and oxygen atoms in total. The maximum atomic E-state index is 5.56. The number of methoxy groups -OCH3 is 2. The smallest absolute Gasteiger partial charge is 0.161 e. The van der Waals surface area contributed by atoms with Gasteiger partial charge in [0.25, 0.3) is 0 Å². The van der Waals surface area contributed by atoms with Crippen LogP contribution in [0.1, 0.15) is 43.7 Å². The minimum atomic E-state index is 0.369. The summed E-state index contributed by atoms with van der Waals surface area (Å²) in [6, 6.07) is 22.1. The lowest BCUT2D eigenvalue weighted by Crippen LogP contribution is -2.30. The highest BCUT2D eigenvalue weighted by Crippen LogP contribution is 2.40. The summed E-state index contributed by atoms with van der Waals surface area (Å²) in [5.41, 5.74) is 8.68. The third-order valence-electron chi connectivity index (χ3n) is 7.30. The molecule has 0 radical (unpaired) electrons. The summed E-state index contributed by atoms with van der Waals surface area (Å²) in [7, 11) is 3.35. The fourth-order valence-electron chi connectivity index (χ4n) is 5.48. The first-order chi connectivity index (χ1) is 17.1. The molecule has 1 aromatic heterocycles. The molecule has 35 heavy (non-hydrogen) atoms. The summed E-state index contributed by atoms with van der Waals surface area (Å²) < 4.78 is 11.0. The Balaban J connectivity index is 1.49. The van der Waals surface area contributed by atoms with Crippen LogP contribution >= 0.6 is 0 Å². The van der Waals surface area contributed by atoms with Gasteiger partial charge in [-0.15, -0.1) is 0 Å². The molecule has 0 saturated carbocycles. The quantitative estimate of drug-likeness (QED) is 0.302. The fraction of sp³-hybridized carbons (Fsp3) is 0.355. The summed E-state index contributed by atoms with van der Waals surface area (Å²) in [5, 5.41) is 4.81. The monoisotopic (exact) mass is 468 g/mol. The van der Waals surface area contributed by atoms with Crippen LogP contribution in [-0.4, -0.2) is 32.3 Å². The predicted octanol–water partition coefficient (Wildman–Crippen LogP) is 7.18. The van der Waals surface area contributed by atoms with Crippen LogP contribution in [0.25, 0.3) is 33.3 Å². The van der Waals surface area contributed by atoms with E-state index in [0.717, 1.165) is 47.2 Å². The minimum Gasteiger partial charge on any atom is -0.493 e. The van der Waals surface area contributed by atoms with Gasteiger partial charge in [0.2, 0.25) is 0 Å². The third kappa shape index (κ3) is 4.81. The molecule has 0 aliphatic carbocycles. The lowest BCUT2D eigenvalue weighted by Gasteiger charge is -2.22. The van der Waals surface area contributed by atoms with Crippen LogP contribution in [0.5, 0.6) is 11.5 Å². The van der Waals surface area contributed by atoms with Crippen LogP contribution in [0.15, 0.2) is 60.7 Å². The number of fused-ring (bicyclic) bond motifs is 1. The Labute approximate surface area is 208 Å². The second-order valence-corrected chi connectivity index (χ2v) is 10.0. The van der Waals surface area contributed by atoms with Crippen LogP contribution in [0.3, 0.4) is 0 Å². The van der Waals surface area contributed by atoms with E-state index in [4.69, 9.17) is 9.47 Å². The molecule has 2 N–H and O–H groups in total. The molecule has 4 heteroatoms. The topological polar surface area (TPSA) is 46.3 Å². The number of ether oxygens (including phenoxy) is 2. The number of nitrogens with one attached hydrogen (secondary N) is 2. The van der Waals surface area contributed by atoms with Crippen molar-refractivity contribution in [2.45, 2.75) is 39.0 Å². The molecule has 0 amide bonds. The largest absolute Gasteiger partial charge is 0.493 e. The first kappa shape index (κ1) is 23.5. The summed E-state index contributed by atoms with van der Waals surface area (Å²) >= 11 is 0. The second-order valence-electron chi connectivity index (χ2n) is 10.0. The van der Waals surface area contributed by atoms with Gasteiger partial charge in [0.15, 0.2) is 11.5 Å². The molecule has 0 spiro atoms. The maximum Gasteiger partial charge on any atom is 0.161 e. The highest BCUT2D eigenvalue weighted by molar-refractivity contribution is 5.94. The van der Waals surface area contributed by atoms with E-state index >= 15 is 0 Å². The lowest BCUT2D eigenvalue weighted by atomic mass is 9.91. The predicted molar refractivity (Wildman–Crippen MR) is 146 cm³/mol. The molecule has 4 aromatic rings. The fourth-order valence-corrected chi connectivity index (χ4v) is 5.48. The summed E-state index contributed by atoms with van der Waals surface area (Å²) in [6.07, 6.45) is 3.79. The van der Waals surface area contributed by atoms with E-state index in [-0.39, 0.29) is 0 Å². The number of H-pyrrole nitrogens is 1. The Hall–Kier alpha value is -3.24. The Morgan fingerprint density at radius 3 is 2.29 bits per heavy atom. The average molecular weight is 469 g/mol. The van der Waals surface area contributed by atoms with Gasteiger partial charge in [0.1, 0.15) is 0 Å². The Kier molecular flexibility index (Phi) is 6.83. The van der Waals surface area contributed by atoms with Crippen molar-refractivity contribution in [2.75, 3.05) is 27.3 Å². The first-order valence-corrected chi connectivity index (χ1v) is 12.8. The van der Waals surface area contributed by atoms with Crippen LogP contribution in [0, 0.1) is 5.92 Å². The molecule has 1 unspecified atom stereocenters. The molecule has 0 bridgehead atoms. The van der Waals surface area contributed by atoms with E-state index in [1.165, 1.54) is 47.0 Å². The van der Waals surface area contributed by atoms with E-state index in [0.29, 0.717) is 5.92 Å². The summed E-state index contributed by atoms with van der Waals surface area (Å²) in [4.78, 5) is 3.68. The van der Waals surface area contributed by atoms with Crippen molar-refractivity contribution >= 4 is 10.9 Å². The van der Waals surface area contributed by atoms with E-state index < -0.39 is 0 Å². The molecular formula is C31H36N2O2. The SMILES string of the molecule is COc1ccc(-c2[nH]c3ccc(-c4ccc(CC5CCCNC5)cc4)cc3c2C(C)C)cc1OC. The highest BCUT2D eigenvalue weighted by Gasteiger charge is 2.18. The highest BCUT2D eigenvalue weighted by atomic mass is 16.5. The standard InChI is InChI=1S/C31H36N2O2/c1-20(2)30-26-17-24(23-9-7-21(8-10-23)16-22-6-5-15-32-19-22)11-13-27(26)33-31(30)25-12-14-28(34-3)29(18-25)35-4/h7-14,17-18,20,22,32-33H,5-6,15-16,19H2,1-4H3. The van der Waals surface area contributed by atoms with Crippen LogP contribution < -0.4 is 14.8 Å². The second kappa shape index (κ2) is 10.2. The van der Waals surface area contributed by atoms with Gasteiger partial charge in [-0.25, -0.2) is 0 Å². The first-order valence-electron chi connectivity index (χ1n) is 12.8. The lowest BCUT2D eigenvalue weighted by molar-refractivity contribution is 0.355. The van der Waals surface area contributed by atoms with Gasteiger partial charge in [-0.3, -0.25) is 0 Å². The Bertz CT molecular complexity index is 1300. The van der Waals surface area contributed by atoms with E-state index in [9.17, 15) is 0 Å². The zero-order valence-electron chi connectivity index (χ0n) is 21.3. The number of rotatable bonds is 7. The molecule has 1 aliphatic rings. The van der Waals surface area contributed by atoms with Crippen LogP contribution in [0.2, 0.25) is 0 Å². The number of benzene rings is 3. The normalized spacial score (nSPS) is 16.1. The summed E-state index contributed by atoms with van der Waals surface area (Å²) in [6.45, 7) is 6.83. The number of hydrogen-bond acceptors (Lipinski definition) is 3. The Morgan fingerprint density at radius 2 is 1.60 bits per heavy atom. The maximum absolute atomic E-state index is 5.56. The van der Waals surface area contributed by atoms with Crippen molar-refractivity contribution in [3.05, 3.63) is 71.8 Å². The number of aromatic amines is 1. The average Bonchev–Trinajstić information content (AvgIpc) is 3.28. The molecule has 5 rings (SSSR count). The number of piperidine rings is 1. The summed E-state index contributed by atoms with van der Waals surface area (Å²) in [5.74, 6) is 2.61. The zero-order chi connectivity index (χ0) is 24.4. The molecule has 2 heterocycles. The van der Waals surface area contributed by atoms with Crippen molar-refractivity contribution < 1.29 is 9.47 Å². The van der Waals surface area contributed by atoms with Gasteiger partial charge in [0.05, 0.1) is 19.9 Å². The van der Waals surface area contributed by atoms with Gasteiger partial charge >= 0.3 is 0 Å². The van der Waals surface area contributed by atoms with Gasteiger partial charge in [-0.1, -0.05) is 44.2 Å². The number of hydrogen-bond donors (Lipinski definition) is 2. The third-order valence-corrected chi connectivity index (χ3v) is 7.30. The molecule has 1 atom stereocenters. The van der Waals surface area contributed by atoms with Gasteiger partial charge in [-0.05, 0) is 96.8 Å². The van der Waals surface area contributed by atoms with Crippen molar-refractivity contribution in [3.63, 3.8) is 0 Å². The van der Waals surface area contributed by atoms with Crippen molar-refractivity contribution in [1.29, 1.82) is 0 Å². The molecular weight excluding hydrogens is 432 g/mol. The van der Waals surface area contributed by atoms with Crippen LogP contribution in [0.4, 0.5) is 0 Å². The van der Waals surface area contributed by atoms with E-state index in [1.54, 1.807) is 14.2 Å². The number of aromatic nitrogens is 1. The molecule has 1 aliphatic heterocycles. The van der Waals surface area contributed by atoms with Gasteiger partial charge < -0.3 is 19.8 Å². The van der Waals surface area contributed by atoms with Crippen molar-refractivity contribution in [3.8, 4) is 33.9 Å². The molecule has 182 valence electrons. The van der Waals surface area contributed by atoms with Gasteiger partial charge in [0, 0.05) is 16.5 Å². The van der Waals surface area contributed by atoms with Crippen molar-refractivity contribution in [2.24, 2.45) is 5.92 Å². The van der Waals surface area contributed by atoms with Crippen molar-refractivity contribution in [1.82, 2.24) is 10.3 Å². The molecule has 1 saturated heterocycles. The zero-order valence-corrected chi connectivity index (χ0v) is 21.3. The van der Waals surface area contributed by atoms with Crippen LogP contribution in [-0.2, 0) is 6.42 Å². The Morgan fingerprint density at radius 1 is 0.857 bits per heavy atom. The van der Waals surface area contributed by atoms with E-state index in [2.05, 4.69) is 78.7 Å². The minimum absolute atomic E-state index is 0.369.